The van der Waals surface area contributed by atoms with E-state index in [2.05, 4.69) is 15.5 Å². The Bertz CT molecular complexity index is 954. The summed E-state index contributed by atoms with van der Waals surface area (Å²) in [5, 5.41) is 10.8. The molecule has 2 amide bonds. The molecule has 0 unspecified atom stereocenters. The Labute approximate surface area is 170 Å². The summed E-state index contributed by atoms with van der Waals surface area (Å²) in [7, 11) is 1.66. The van der Waals surface area contributed by atoms with Crippen LogP contribution in [-0.2, 0) is 16.0 Å². The van der Waals surface area contributed by atoms with Crippen LogP contribution in [0.15, 0.2) is 64.8 Å². The van der Waals surface area contributed by atoms with Crippen molar-refractivity contribution in [3.63, 3.8) is 0 Å². The average molecular weight is 392 g/mol. The highest BCUT2D eigenvalue weighted by molar-refractivity contribution is 6.38. The van der Waals surface area contributed by atoms with E-state index in [1.54, 1.807) is 26.1 Å². The maximum absolute atomic E-state index is 12.7. The number of anilines is 1. The lowest BCUT2D eigenvalue weighted by Crippen LogP contribution is -2.50. The zero-order valence-corrected chi connectivity index (χ0v) is 16.8. The topological polar surface area (TPSA) is 83.4 Å². The number of carbonyl (C=O) groups is 2. The second-order valence-electron chi connectivity index (χ2n) is 6.89. The average Bonchev–Trinajstić information content (AvgIpc) is 2.85. The molecule has 1 N–H and O–H groups in total. The molecule has 0 saturated carbocycles. The molecule has 7 heteroatoms. The van der Waals surface area contributed by atoms with Crippen LogP contribution < -0.4 is 15.0 Å². The highest BCUT2D eigenvalue weighted by Gasteiger charge is 2.30. The number of para-hydroxylation sites is 2. The molecule has 0 bridgehead atoms. The van der Waals surface area contributed by atoms with Gasteiger partial charge in [-0.15, -0.1) is 0 Å². The summed E-state index contributed by atoms with van der Waals surface area (Å²) in [6.07, 6.45) is 0.650. The molecule has 150 valence electrons. The molecule has 1 aliphatic heterocycles. The molecule has 2 aromatic rings. The smallest absolute Gasteiger partial charge is 0.268 e. The minimum Gasteiger partial charge on any atom is -0.489 e. The number of carbonyl (C=O) groups excluding carboxylic acids is 2. The van der Waals surface area contributed by atoms with Crippen LogP contribution in [0.5, 0.6) is 5.75 Å². The number of benzene rings is 2. The van der Waals surface area contributed by atoms with Crippen LogP contribution in [-0.4, -0.2) is 42.9 Å². The van der Waals surface area contributed by atoms with E-state index in [1.807, 2.05) is 49.4 Å². The molecular weight excluding hydrogens is 368 g/mol. The molecule has 2 aromatic carbocycles. The zero-order valence-electron chi connectivity index (χ0n) is 16.8. The van der Waals surface area contributed by atoms with Crippen LogP contribution in [0.2, 0.25) is 0 Å². The second kappa shape index (κ2) is 9.14. The third kappa shape index (κ3) is 5.07. The van der Waals surface area contributed by atoms with E-state index in [9.17, 15) is 9.59 Å². The number of nitrogens with one attached hydrogen (secondary N) is 1. The van der Waals surface area contributed by atoms with Gasteiger partial charge in [-0.25, -0.2) is 0 Å². The molecule has 29 heavy (non-hydrogen) atoms. The van der Waals surface area contributed by atoms with E-state index < -0.39 is 11.9 Å². The van der Waals surface area contributed by atoms with Gasteiger partial charge in [0.05, 0.1) is 5.69 Å². The van der Waals surface area contributed by atoms with E-state index in [1.165, 1.54) is 4.90 Å². The first-order valence-corrected chi connectivity index (χ1v) is 9.37. The predicted molar refractivity (Wildman–Crippen MR) is 114 cm³/mol. The summed E-state index contributed by atoms with van der Waals surface area (Å²) in [5.74, 6) is -0.103. The number of rotatable bonds is 5. The number of fused-ring (bicyclic) bond motifs is 1. The Hall–Kier alpha value is -3.48. The number of hydrogen-bond donors (Lipinski definition) is 1. The molecule has 0 saturated heterocycles. The minimum absolute atomic E-state index is 0.0511. The molecule has 0 radical (unpaired) electrons. The number of hydrogen-bond acceptors (Lipinski definition) is 5. The first-order valence-electron chi connectivity index (χ1n) is 9.37. The summed E-state index contributed by atoms with van der Waals surface area (Å²) in [4.78, 5) is 26.7. The van der Waals surface area contributed by atoms with Crippen molar-refractivity contribution in [3.8, 4) is 5.75 Å². The molecule has 0 aromatic heterocycles. The van der Waals surface area contributed by atoms with Crippen molar-refractivity contribution in [2.24, 2.45) is 10.2 Å². The summed E-state index contributed by atoms with van der Waals surface area (Å²) in [6.45, 7) is 3.47. The van der Waals surface area contributed by atoms with Crippen LogP contribution in [0, 0.1) is 0 Å². The number of likely N-dealkylation sites (N-methyl/N-ethyl adjacent to an activating group) is 1. The summed E-state index contributed by atoms with van der Waals surface area (Å²) in [6, 6.07) is 16.4. The molecule has 1 atom stereocenters. The lowest BCUT2D eigenvalue weighted by atomic mass is 10.1. The van der Waals surface area contributed by atoms with Gasteiger partial charge in [-0.05, 0) is 31.5 Å². The van der Waals surface area contributed by atoms with Gasteiger partial charge < -0.3 is 15.0 Å². The van der Waals surface area contributed by atoms with Crippen molar-refractivity contribution in [3.05, 3.63) is 60.2 Å². The zero-order chi connectivity index (χ0) is 20.8. The molecule has 3 rings (SSSR count). The Morgan fingerprint density at radius 1 is 1.10 bits per heavy atom. The molecule has 7 nitrogen and oxygen atoms in total. The molecule has 0 fully saturated rings. The normalized spacial score (nSPS) is 17.3. The van der Waals surface area contributed by atoms with Gasteiger partial charge in [0.2, 0.25) is 0 Å². The predicted octanol–water partition coefficient (Wildman–Crippen LogP) is 2.61. The van der Waals surface area contributed by atoms with Crippen molar-refractivity contribution in [2.45, 2.75) is 26.3 Å². The minimum atomic E-state index is -0.806. The van der Waals surface area contributed by atoms with Gasteiger partial charge in [-0.2, -0.15) is 10.2 Å². The maximum atomic E-state index is 12.7. The van der Waals surface area contributed by atoms with Crippen molar-refractivity contribution in [1.29, 1.82) is 0 Å². The first-order chi connectivity index (χ1) is 14.0. The fraction of sp³-hybridized carbons (Fsp3) is 0.273. The van der Waals surface area contributed by atoms with E-state index in [0.717, 1.165) is 11.3 Å². The first kappa shape index (κ1) is 20.3. The highest BCUT2D eigenvalue weighted by Crippen LogP contribution is 2.29. The Kier molecular flexibility index (Phi) is 6.39. The monoisotopic (exact) mass is 392 g/mol. The van der Waals surface area contributed by atoms with Crippen LogP contribution in [0.3, 0.4) is 0 Å². The summed E-state index contributed by atoms with van der Waals surface area (Å²) in [5.41, 5.74) is 2.75. The van der Waals surface area contributed by atoms with Crippen molar-refractivity contribution in [1.82, 2.24) is 5.32 Å². The van der Waals surface area contributed by atoms with Crippen LogP contribution >= 0.6 is 0 Å². The number of nitrogens with zero attached hydrogens (tertiary/aromatic N) is 3. The fourth-order valence-electron chi connectivity index (χ4n) is 2.95. The summed E-state index contributed by atoms with van der Waals surface area (Å²) < 4.78 is 5.70. The Morgan fingerprint density at radius 2 is 1.79 bits per heavy atom. The van der Waals surface area contributed by atoms with Crippen LogP contribution in [0.4, 0.5) is 5.69 Å². The van der Waals surface area contributed by atoms with E-state index in [0.29, 0.717) is 17.9 Å². The standard InChI is InChI=1S/C22H24N4O3/c1-15(13-17-9-5-4-6-10-17)24-25-16(2)21(27)23-18-14-29-20-12-8-7-11-19(20)26(3)22(18)28/h4-12,18H,13-14H2,1-3H3,(H,23,27)/b24-15+,25-16+/t18-/m0/s1. The van der Waals surface area contributed by atoms with Gasteiger partial charge in [-0.3, -0.25) is 9.59 Å². The van der Waals surface area contributed by atoms with Gasteiger partial charge >= 0.3 is 0 Å². The van der Waals surface area contributed by atoms with Crippen LogP contribution in [0.1, 0.15) is 19.4 Å². The van der Waals surface area contributed by atoms with E-state index in [-0.39, 0.29) is 18.2 Å². The molecular formula is C22H24N4O3. The van der Waals surface area contributed by atoms with Crippen molar-refractivity contribution >= 4 is 28.9 Å². The number of amides is 2. The maximum Gasteiger partial charge on any atom is 0.268 e. The van der Waals surface area contributed by atoms with Crippen molar-refractivity contribution in [2.75, 3.05) is 18.6 Å². The molecule has 0 spiro atoms. The largest absolute Gasteiger partial charge is 0.489 e. The third-order valence-corrected chi connectivity index (χ3v) is 4.57. The molecule has 1 aliphatic rings. The highest BCUT2D eigenvalue weighted by atomic mass is 16.5. The third-order valence-electron chi connectivity index (χ3n) is 4.57. The van der Waals surface area contributed by atoms with Gasteiger partial charge in [0.15, 0.2) is 0 Å². The quantitative estimate of drug-likeness (QED) is 0.627. The lowest BCUT2D eigenvalue weighted by Gasteiger charge is -2.20. The van der Waals surface area contributed by atoms with E-state index >= 15 is 0 Å². The lowest BCUT2D eigenvalue weighted by molar-refractivity contribution is -0.124. The second-order valence-corrected chi connectivity index (χ2v) is 6.89. The number of ether oxygens (including phenoxy) is 1. The van der Waals surface area contributed by atoms with Crippen LogP contribution in [0.25, 0.3) is 0 Å². The molecule has 0 aliphatic carbocycles. The summed E-state index contributed by atoms with van der Waals surface area (Å²) >= 11 is 0. The SMILES string of the molecule is C/C(Cc1ccccc1)=N\N=C(/C)C(=O)N[C@H]1COc2ccccc2N(C)C1=O. The Morgan fingerprint density at radius 3 is 2.55 bits per heavy atom. The van der Waals surface area contributed by atoms with Gasteiger partial charge in [0, 0.05) is 19.2 Å². The van der Waals surface area contributed by atoms with Crippen molar-refractivity contribution < 1.29 is 14.3 Å². The Balaban J connectivity index is 1.64. The van der Waals surface area contributed by atoms with Gasteiger partial charge in [0.25, 0.3) is 11.8 Å². The van der Waals surface area contributed by atoms with Gasteiger partial charge in [0.1, 0.15) is 24.1 Å². The van der Waals surface area contributed by atoms with Gasteiger partial charge in [-0.1, -0.05) is 42.5 Å². The van der Waals surface area contributed by atoms with E-state index in [4.69, 9.17) is 4.74 Å². The fourth-order valence-corrected chi connectivity index (χ4v) is 2.95. The molecule has 1 heterocycles.